The molecule has 1 aromatic heterocycles. The molecule has 1 heterocycles. The van der Waals surface area contributed by atoms with E-state index in [-0.39, 0.29) is 6.10 Å². The first-order valence-electron chi connectivity index (χ1n) is 5.96. The SMILES string of the molecule is CC(C)Oc1ncnc(Nc2cc(Br)ccc2Br)c1N. The number of nitrogens with one attached hydrogen (secondary N) is 1. The lowest BCUT2D eigenvalue weighted by atomic mass is 10.3. The third-order valence-corrected chi connectivity index (χ3v) is 3.56. The van der Waals surface area contributed by atoms with Crippen LogP contribution in [0.2, 0.25) is 0 Å². The van der Waals surface area contributed by atoms with Crippen molar-refractivity contribution in [2.75, 3.05) is 11.1 Å². The number of ether oxygens (including phenoxy) is 1. The third kappa shape index (κ3) is 3.61. The second-order valence-electron chi connectivity index (χ2n) is 4.36. The Balaban J connectivity index is 2.32. The van der Waals surface area contributed by atoms with Crippen LogP contribution in [0.4, 0.5) is 17.2 Å². The van der Waals surface area contributed by atoms with E-state index in [1.54, 1.807) is 0 Å². The normalized spacial score (nSPS) is 10.7. The van der Waals surface area contributed by atoms with Gasteiger partial charge in [-0.2, -0.15) is 4.98 Å². The summed E-state index contributed by atoms with van der Waals surface area (Å²) in [4.78, 5) is 8.19. The van der Waals surface area contributed by atoms with E-state index in [9.17, 15) is 0 Å². The summed E-state index contributed by atoms with van der Waals surface area (Å²) in [6.07, 6.45) is 1.42. The molecule has 1 aromatic carbocycles. The van der Waals surface area contributed by atoms with Gasteiger partial charge in [0, 0.05) is 8.95 Å². The second-order valence-corrected chi connectivity index (χ2v) is 6.13. The molecule has 0 bridgehead atoms. The van der Waals surface area contributed by atoms with Gasteiger partial charge in [0.05, 0.1) is 11.8 Å². The fourth-order valence-corrected chi connectivity index (χ4v) is 2.22. The van der Waals surface area contributed by atoms with Gasteiger partial charge in [0.15, 0.2) is 5.82 Å². The molecule has 2 aromatic rings. The number of halogens is 2. The maximum atomic E-state index is 6.03. The Bertz CT molecular complexity index is 619. The number of anilines is 3. The highest BCUT2D eigenvalue weighted by Gasteiger charge is 2.12. The van der Waals surface area contributed by atoms with Crippen LogP contribution >= 0.6 is 31.9 Å². The molecular formula is C13H14Br2N4O. The van der Waals surface area contributed by atoms with Crippen molar-refractivity contribution in [3.63, 3.8) is 0 Å². The van der Waals surface area contributed by atoms with Crippen molar-refractivity contribution in [1.29, 1.82) is 0 Å². The average molecular weight is 402 g/mol. The van der Waals surface area contributed by atoms with Crippen LogP contribution in [0.1, 0.15) is 13.8 Å². The Labute approximate surface area is 134 Å². The molecule has 0 atom stereocenters. The summed E-state index contributed by atoms with van der Waals surface area (Å²) >= 11 is 6.90. The molecule has 7 heteroatoms. The van der Waals surface area contributed by atoms with Gasteiger partial charge in [0.25, 0.3) is 0 Å². The van der Waals surface area contributed by atoms with E-state index in [1.807, 2.05) is 32.0 Å². The number of nitrogen functional groups attached to an aromatic ring is 1. The number of nitrogens with zero attached hydrogens (tertiary/aromatic N) is 2. The molecule has 0 radical (unpaired) electrons. The predicted octanol–water partition coefficient (Wildman–Crippen LogP) is 4.11. The number of aromatic nitrogens is 2. The number of rotatable bonds is 4. The Morgan fingerprint density at radius 2 is 2.00 bits per heavy atom. The maximum absolute atomic E-state index is 6.03. The van der Waals surface area contributed by atoms with E-state index in [0.717, 1.165) is 14.6 Å². The van der Waals surface area contributed by atoms with Gasteiger partial charge < -0.3 is 15.8 Å². The summed E-state index contributed by atoms with van der Waals surface area (Å²) in [5.41, 5.74) is 7.26. The molecule has 0 spiro atoms. The van der Waals surface area contributed by atoms with Crippen LogP contribution in [0, 0.1) is 0 Å². The Kier molecular flexibility index (Phi) is 4.82. The van der Waals surface area contributed by atoms with E-state index < -0.39 is 0 Å². The maximum Gasteiger partial charge on any atom is 0.242 e. The highest BCUT2D eigenvalue weighted by atomic mass is 79.9. The molecule has 20 heavy (non-hydrogen) atoms. The van der Waals surface area contributed by atoms with Gasteiger partial charge in [-0.25, -0.2) is 4.98 Å². The second kappa shape index (κ2) is 6.41. The first-order chi connectivity index (χ1) is 9.47. The van der Waals surface area contributed by atoms with Crippen LogP contribution in [0.5, 0.6) is 5.88 Å². The summed E-state index contributed by atoms with van der Waals surface area (Å²) in [5.74, 6) is 0.887. The molecule has 0 saturated heterocycles. The summed E-state index contributed by atoms with van der Waals surface area (Å²) in [7, 11) is 0. The van der Waals surface area contributed by atoms with Crippen LogP contribution < -0.4 is 15.8 Å². The summed E-state index contributed by atoms with van der Waals surface area (Å²) < 4.78 is 7.40. The van der Waals surface area contributed by atoms with Gasteiger partial charge in [-0.05, 0) is 48.0 Å². The van der Waals surface area contributed by atoms with E-state index in [2.05, 4.69) is 47.1 Å². The van der Waals surface area contributed by atoms with Gasteiger partial charge in [0.1, 0.15) is 12.0 Å². The minimum atomic E-state index is -0.00217. The minimum absolute atomic E-state index is 0.00217. The third-order valence-electron chi connectivity index (χ3n) is 2.38. The fraction of sp³-hybridized carbons (Fsp3) is 0.231. The highest BCUT2D eigenvalue weighted by Crippen LogP contribution is 2.32. The molecule has 0 unspecified atom stereocenters. The van der Waals surface area contributed by atoms with Crippen LogP contribution in [-0.2, 0) is 0 Å². The van der Waals surface area contributed by atoms with Crippen molar-refractivity contribution >= 4 is 49.1 Å². The lowest BCUT2D eigenvalue weighted by molar-refractivity contribution is 0.234. The van der Waals surface area contributed by atoms with E-state index in [1.165, 1.54) is 6.33 Å². The molecule has 0 fully saturated rings. The zero-order valence-corrected chi connectivity index (χ0v) is 14.2. The molecule has 0 aliphatic carbocycles. The molecule has 0 saturated carbocycles. The Hall–Kier alpha value is -1.34. The number of hydrogen-bond donors (Lipinski definition) is 2. The fourth-order valence-electron chi connectivity index (χ4n) is 1.52. The number of benzene rings is 1. The van der Waals surface area contributed by atoms with Crippen LogP contribution in [-0.4, -0.2) is 16.1 Å². The van der Waals surface area contributed by atoms with E-state index in [0.29, 0.717) is 17.4 Å². The van der Waals surface area contributed by atoms with Gasteiger partial charge in [0.2, 0.25) is 5.88 Å². The number of nitrogens with two attached hydrogens (primary N) is 1. The topological polar surface area (TPSA) is 73.1 Å². The van der Waals surface area contributed by atoms with E-state index >= 15 is 0 Å². The smallest absolute Gasteiger partial charge is 0.242 e. The monoisotopic (exact) mass is 400 g/mol. The molecule has 106 valence electrons. The van der Waals surface area contributed by atoms with Gasteiger partial charge in [-0.1, -0.05) is 15.9 Å². The quantitative estimate of drug-likeness (QED) is 0.806. The van der Waals surface area contributed by atoms with Crippen molar-refractivity contribution in [2.45, 2.75) is 20.0 Å². The summed E-state index contributed by atoms with van der Waals surface area (Å²) in [6.45, 7) is 3.83. The lowest BCUT2D eigenvalue weighted by Gasteiger charge is -2.14. The molecule has 2 rings (SSSR count). The van der Waals surface area contributed by atoms with Gasteiger partial charge in [-0.3, -0.25) is 0 Å². The highest BCUT2D eigenvalue weighted by molar-refractivity contribution is 9.11. The minimum Gasteiger partial charge on any atom is -0.473 e. The van der Waals surface area contributed by atoms with Crippen molar-refractivity contribution < 1.29 is 4.74 Å². The molecule has 0 aliphatic rings. The summed E-state index contributed by atoms with van der Waals surface area (Å²) in [6, 6.07) is 5.79. The molecule has 3 N–H and O–H groups in total. The lowest BCUT2D eigenvalue weighted by Crippen LogP contribution is -2.10. The number of hydrogen-bond acceptors (Lipinski definition) is 5. The largest absolute Gasteiger partial charge is 0.473 e. The van der Waals surface area contributed by atoms with E-state index in [4.69, 9.17) is 10.5 Å². The molecule has 0 aliphatic heterocycles. The van der Waals surface area contributed by atoms with Crippen LogP contribution in [0.3, 0.4) is 0 Å². The standard InChI is InChI=1S/C13H14Br2N4O/c1-7(2)20-13-11(16)12(17-6-18-13)19-10-5-8(14)3-4-9(10)15/h3-7H,16H2,1-2H3,(H,17,18,19). The first kappa shape index (κ1) is 15.1. The van der Waals surface area contributed by atoms with Crippen molar-refractivity contribution in [2.24, 2.45) is 0 Å². The van der Waals surface area contributed by atoms with Crippen molar-refractivity contribution in [3.8, 4) is 5.88 Å². The molecular weight excluding hydrogens is 388 g/mol. The first-order valence-corrected chi connectivity index (χ1v) is 7.55. The van der Waals surface area contributed by atoms with Crippen molar-refractivity contribution in [3.05, 3.63) is 33.5 Å². The van der Waals surface area contributed by atoms with Crippen LogP contribution in [0.15, 0.2) is 33.5 Å². The summed E-state index contributed by atoms with van der Waals surface area (Å²) in [5, 5.41) is 3.16. The molecule has 5 nitrogen and oxygen atoms in total. The van der Waals surface area contributed by atoms with Crippen molar-refractivity contribution in [1.82, 2.24) is 9.97 Å². The zero-order chi connectivity index (χ0) is 14.7. The predicted molar refractivity (Wildman–Crippen MR) is 87.3 cm³/mol. The van der Waals surface area contributed by atoms with Crippen LogP contribution in [0.25, 0.3) is 0 Å². The zero-order valence-electron chi connectivity index (χ0n) is 11.0. The van der Waals surface area contributed by atoms with Gasteiger partial charge in [-0.15, -0.1) is 0 Å². The molecule has 0 amide bonds. The van der Waals surface area contributed by atoms with Gasteiger partial charge >= 0.3 is 0 Å². The average Bonchev–Trinajstić information content (AvgIpc) is 2.38. The Morgan fingerprint density at radius 3 is 2.70 bits per heavy atom. The Morgan fingerprint density at radius 1 is 1.25 bits per heavy atom.